The number of benzene rings is 1. The van der Waals surface area contributed by atoms with E-state index in [1.54, 1.807) is 11.3 Å². The Kier molecular flexibility index (Phi) is 3.69. The molecule has 2 bridgehead atoms. The van der Waals surface area contributed by atoms with Gasteiger partial charge in [0.2, 0.25) is 0 Å². The van der Waals surface area contributed by atoms with Gasteiger partial charge in [0.05, 0.1) is 37.2 Å². The summed E-state index contributed by atoms with van der Waals surface area (Å²) in [5, 5.41) is 3.35. The van der Waals surface area contributed by atoms with Crippen molar-refractivity contribution >= 4 is 33.8 Å². The molecule has 5 heteroatoms. The molecule has 134 valence electrons. The van der Waals surface area contributed by atoms with Gasteiger partial charge in [0.1, 0.15) is 5.84 Å². The molecule has 0 aliphatic carbocycles. The molecule has 0 radical (unpaired) electrons. The number of nitrogens with two attached hydrogens (primary N) is 1. The lowest BCUT2D eigenvalue weighted by molar-refractivity contribution is -0.926. The van der Waals surface area contributed by atoms with E-state index in [-0.39, 0.29) is 0 Å². The van der Waals surface area contributed by atoms with E-state index in [9.17, 15) is 0 Å². The standard InChI is InChI=1S/C21H25N4S/c1-25-8-6-14(7-9-25)18(13-25)17-12-23-19-5-4-15(11-16(17)19)24-21(22)20-3-2-10-26-20/h2-5,10-12,14,18,23H,6-9,13H2,1H3,(H2,22,24)/q+1. The third-order valence-electron chi connectivity index (χ3n) is 6.41. The maximum Gasteiger partial charge on any atom is 0.141 e. The van der Waals surface area contributed by atoms with Crippen LogP contribution >= 0.6 is 11.3 Å². The molecule has 3 aromatic rings. The SMILES string of the molecule is C[N+]12CCC(CC1)C(c1c[nH]c3ccc(N=C(N)c4cccs4)cc13)C2. The van der Waals surface area contributed by atoms with E-state index in [4.69, 9.17) is 5.73 Å². The molecule has 6 rings (SSSR count). The summed E-state index contributed by atoms with van der Waals surface area (Å²) in [6, 6.07) is 10.4. The van der Waals surface area contributed by atoms with E-state index in [1.165, 1.54) is 53.4 Å². The van der Waals surface area contributed by atoms with Crippen LogP contribution in [-0.2, 0) is 0 Å². The number of nitrogens with one attached hydrogen (secondary N) is 1. The average Bonchev–Trinajstić information content (AvgIpc) is 3.31. The second kappa shape index (κ2) is 5.96. The van der Waals surface area contributed by atoms with Crippen LogP contribution in [0.2, 0.25) is 0 Å². The molecule has 1 atom stereocenters. The monoisotopic (exact) mass is 365 g/mol. The molecule has 4 nitrogen and oxygen atoms in total. The highest BCUT2D eigenvalue weighted by atomic mass is 32.1. The van der Waals surface area contributed by atoms with E-state index in [0.717, 1.165) is 16.5 Å². The van der Waals surface area contributed by atoms with Crippen LogP contribution in [-0.4, -0.2) is 42.0 Å². The normalized spacial score (nSPS) is 28.7. The number of fused-ring (bicyclic) bond motifs is 4. The largest absolute Gasteiger partial charge is 0.383 e. The molecule has 3 aliphatic rings. The third-order valence-corrected chi connectivity index (χ3v) is 7.30. The third kappa shape index (κ3) is 2.66. The van der Waals surface area contributed by atoms with Gasteiger partial charge in [-0.15, -0.1) is 11.3 Å². The number of likely N-dealkylation sites (N-methyl/N-ethyl adjacent to an activating group) is 1. The Labute approximate surface area is 157 Å². The first kappa shape index (κ1) is 16.1. The number of aromatic nitrogens is 1. The van der Waals surface area contributed by atoms with Crippen molar-refractivity contribution in [1.29, 1.82) is 0 Å². The molecule has 1 unspecified atom stereocenters. The van der Waals surface area contributed by atoms with Crippen molar-refractivity contribution in [2.75, 3.05) is 26.7 Å². The van der Waals surface area contributed by atoms with Crippen LogP contribution in [0.5, 0.6) is 0 Å². The van der Waals surface area contributed by atoms with E-state index >= 15 is 0 Å². The summed E-state index contributed by atoms with van der Waals surface area (Å²) >= 11 is 1.63. The molecule has 0 amide bonds. The number of rotatable bonds is 3. The van der Waals surface area contributed by atoms with Crippen molar-refractivity contribution in [2.24, 2.45) is 16.6 Å². The zero-order valence-corrected chi connectivity index (χ0v) is 15.9. The molecular weight excluding hydrogens is 340 g/mol. The summed E-state index contributed by atoms with van der Waals surface area (Å²) in [6.45, 7) is 3.95. The van der Waals surface area contributed by atoms with Crippen molar-refractivity contribution in [3.8, 4) is 0 Å². The first-order chi connectivity index (χ1) is 12.6. The molecule has 3 N–H and O–H groups in total. The first-order valence-electron chi connectivity index (χ1n) is 9.44. The number of hydrogen-bond donors (Lipinski definition) is 2. The van der Waals surface area contributed by atoms with Gasteiger partial charge in [0, 0.05) is 35.9 Å². The van der Waals surface area contributed by atoms with Gasteiger partial charge in [-0.1, -0.05) is 6.07 Å². The molecular formula is C21H25N4S+. The van der Waals surface area contributed by atoms with E-state index in [2.05, 4.69) is 35.4 Å². The Morgan fingerprint density at radius 1 is 1.27 bits per heavy atom. The summed E-state index contributed by atoms with van der Waals surface area (Å²) in [7, 11) is 2.43. The molecule has 3 saturated heterocycles. The fourth-order valence-corrected chi connectivity index (χ4v) is 5.52. The van der Waals surface area contributed by atoms with Crippen molar-refractivity contribution in [2.45, 2.75) is 18.8 Å². The molecule has 5 heterocycles. The number of H-pyrrole nitrogens is 1. The minimum absolute atomic E-state index is 0.595. The number of thiophene rings is 1. The topological polar surface area (TPSA) is 54.2 Å². The van der Waals surface area contributed by atoms with Crippen LogP contribution in [0.15, 0.2) is 46.9 Å². The number of nitrogens with zero attached hydrogens (tertiary/aromatic N) is 2. The first-order valence-corrected chi connectivity index (χ1v) is 10.3. The van der Waals surface area contributed by atoms with Gasteiger partial charge in [0.25, 0.3) is 0 Å². The Morgan fingerprint density at radius 3 is 2.85 bits per heavy atom. The number of piperidine rings is 3. The number of amidine groups is 1. The molecule has 3 aliphatic heterocycles. The van der Waals surface area contributed by atoms with E-state index in [0.29, 0.717) is 11.8 Å². The predicted molar refractivity (Wildman–Crippen MR) is 109 cm³/mol. The van der Waals surface area contributed by atoms with Gasteiger partial charge in [-0.3, -0.25) is 0 Å². The van der Waals surface area contributed by atoms with Gasteiger partial charge in [0.15, 0.2) is 0 Å². The lowest BCUT2D eigenvalue weighted by Gasteiger charge is -2.50. The van der Waals surface area contributed by atoms with Crippen LogP contribution in [0.3, 0.4) is 0 Å². The van der Waals surface area contributed by atoms with Crippen LogP contribution < -0.4 is 5.73 Å². The Morgan fingerprint density at radius 2 is 2.12 bits per heavy atom. The quantitative estimate of drug-likeness (QED) is 0.407. The van der Waals surface area contributed by atoms with Gasteiger partial charge in [-0.2, -0.15) is 0 Å². The fraction of sp³-hybridized carbons (Fsp3) is 0.381. The van der Waals surface area contributed by atoms with Gasteiger partial charge >= 0.3 is 0 Å². The highest BCUT2D eigenvalue weighted by Gasteiger charge is 2.44. The summed E-state index contributed by atoms with van der Waals surface area (Å²) < 4.78 is 1.23. The van der Waals surface area contributed by atoms with Gasteiger partial charge in [-0.25, -0.2) is 4.99 Å². The lowest BCUT2D eigenvalue weighted by Crippen LogP contribution is -2.58. The van der Waals surface area contributed by atoms with Crippen LogP contribution in [0.1, 0.15) is 29.2 Å². The highest BCUT2D eigenvalue weighted by Crippen LogP contribution is 2.44. The Bertz CT molecular complexity index is 961. The predicted octanol–water partition coefficient (Wildman–Crippen LogP) is 4.22. The molecule has 26 heavy (non-hydrogen) atoms. The second-order valence-electron chi connectivity index (χ2n) is 8.14. The van der Waals surface area contributed by atoms with Crippen molar-refractivity contribution in [3.05, 3.63) is 52.3 Å². The average molecular weight is 366 g/mol. The highest BCUT2D eigenvalue weighted by molar-refractivity contribution is 7.12. The van der Waals surface area contributed by atoms with Gasteiger partial charge < -0.3 is 15.2 Å². The van der Waals surface area contributed by atoms with Gasteiger partial charge in [-0.05, 0) is 41.1 Å². The fourth-order valence-electron chi connectivity index (χ4n) is 4.90. The zero-order valence-electron chi connectivity index (χ0n) is 15.1. The maximum atomic E-state index is 6.19. The molecule has 2 aromatic heterocycles. The number of aromatic amines is 1. The van der Waals surface area contributed by atoms with Crippen LogP contribution in [0.25, 0.3) is 10.9 Å². The minimum Gasteiger partial charge on any atom is -0.383 e. The van der Waals surface area contributed by atoms with Crippen LogP contribution in [0.4, 0.5) is 5.69 Å². The molecule has 0 saturated carbocycles. The summed E-state index contributed by atoms with van der Waals surface area (Å²) in [5.41, 5.74) is 9.80. The summed E-state index contributed by atoms with van der Waals surface area (Å²) in [6.07, 6.45) is 4.95. The van der Waals surface area contributed by atoms with Crippen LogP contribution in [0, 0.1) is 5.92 Å². The number of quaternary nitrogens is 1. The number of aliphatic imine (C=N–C) groups is 1. The second-order valence-corrected chi connectivity index (χ2v) is 9.09. The van der Waals surface area contributed by atoms with E-state index < -0.39 is 0 Å². The summed E-state index contributed by atoms with van der Waals surface area (Å²) in [4.78, 5) is 9.17. The smallest absolute Gasteiger partial charge is 0.141 e. The Balaban J connectivity index is 1.53. The van der Waals surface area contributed by atoms with Crippen molar-refractivity contribution < 1.29 is 4.48 Å². The lowest BCUT2D eigenvalue weighted by atomic mass is 9.74. The zero-order chi connectivity index (χ0) is 17.7. The van der Waals surface area contributed by atoms with Crippen molar-refractivity contribution in [3.63, 3.8) is 0 Å². The molecule has 1 aromatic carbocycles. The minimum atomic E-state index is 0.595. The maximum absolute atomic E-state index is 6.19. The molecule has 3 fully saturated rings. The van der Waals surface area contributed by atoms with E-state index in [1.807, 2.05) is 23.6 Å². The number of hydrogen-bond acceptors (Lipinski definition) is 2. The molecule has 0 spiro atoms. The Hall–Kier alpha value is -2.11. The van der Waals surface area contributed by atoms with Crippen molar-refractivity contribution in [1.82, 2.24) is 4.98 Å². The summed E-state index contributed by atoms with van der Waals surface area (Å²) in [5.74, 6) is 2.08.